The third-order valence-corrected chi connectivity index (χ3v) is 5.23. The van der Waals surface area contributed by atoms with E-state index < -0.39 is 21.5 Å². The number of carbonyl (C=O) groups excluding carboxylic acids is 1. The van der Waals surface area contributed by atoms with Gasteiger partial charge in [-0.15, -0.1) is 0 Å². The predicted molar refractivity (Wildman–Crippen MR) is 94.0 cm³/mol. The van der Waals surface area contributed by atoms with Crippen molar-refractivity contribution < 1.29 is 13.2 Å². The molecule has 9 heteroatoms. The average molecular weight is 380 g/mol. The van der Waals surface area contributed by atoms with Crippen molar-refractivity contribution >= 4 is 38.4 Å². The van der Waals surface area contributed by atoms with Gasteiger partial charge in [-0.25, -0.2) is 13.1 Å². The van der Waals surface area contributed by atoms with Crippen molar-refractivity contribution in [1.82, 2.24) is 14.3 Å². The minimum Gasteiger partial charge on any atom is -0.347 e. The molecule has 0 radical (unpaired) electrons. The molecule has 2 N–H and O–H groups in total. The monoisotopic (exact) mass is 379 g/mol. The fraction of sp³-hybridized carbons (Fsp3) is 0.125. The lowest BCUT2D eigenvalue weighted by atomic mass is 10.2. The molecule has 0 aliphatic heterocycles. The molecule has 1 aromatic carbocycles. The summed E-state index contributed by atoms with van der Waals surface area (Å²) in [4.78, 5) is 25.0. The summed E-state index contributed by atoms with van der Waals surface area (Å²) in [5, 5.41) is 1.56. The van der Waals surface area contributed by atoms with Crippen LogP contribution >= 0.6 is 11.6 Å². The van der Waals surface area contributed by atoms with Gasteiger partial charge in [-0.1, -0.05) is 11.6 Å². The molecule has 0 unspecified atom stereocenters. The quantitative estimate of drug-likeness (QED) is 0.706. The van der Waals surface area contributed by atoms with Crippen LogP contribution in [-0.4, -0.2) is 23.9 Å². The van der Waals surface area contributed by atoms with Crippen LogP contribution in [0.15, 0.2) is 58.5 Å². The molecule has 2 heterocycles. The number of aromatic amines is 1. The zero-order valence-corrected chi connectivity index (χ0v) is 14.5. The van der Waals surface area contributed by atoms with Gasteiger partial charge in [-0.3, -0.25) is 9.59 Å². The molecule has 0 aliphatic rings. The molecule has 0 saturated heterocycles. The van der Waals surface area contributed by atoms with Crippen LogP contribution in [0.25, 0.3) is 10.9 Å². The lowest BCUT2D eigenvalue weighted by molar-refractivity contribution is -0.119. The molecule has 0 aliphatic carbocycles. The van der Waals surface area contributed by atoms with E-state index in [1.807, 2.05) is 33.7 Å². The molecule has 1 amide bonds. The molecular weight excluding hydrogens is 366 g/mol. The summed E-state index contributed by atoms with van der Waals surface area (Å²) in [6.07, 6.45) is 2.83. The van der Waals surface area contributed by atoms with Gasteiger partial charge in [0.05, 0.1) is 0 Å². The zero-order chi connectivity index (χ0) is 18.0. The van der Waals surface area contributed by atoms with Gasteiger partial charge < -0.3 is 9.55 Å². The average Bonchev–Trinajstić information content (AvgIpc) is 2.95. The van der Waals surface area contributed by atoms with Crippen LogP contribution in [-0.2, 0) is 21.4 Å². The van der Waals surface area contributed by atoms with Crippen molar-refractivity contribution in [3.8, 4) is 0 Å². The topological polar surface area (TPSA) is 101 Å². The Bertz CT molecular complexity index is 1080. The highest BCUT2D eigenvalue weighted by Gasteiger charge is 2.17. The summed E-state index contributed by atoms with van der Waals surface area (Å²) >= 11 is 5.93. The summed E-state index contributed by atoms with van der Waals surface area (Å²) in [6, 6.07) is 9.49. The summed E-state index contributed by atoms with van der Waals surface area (Å²) < 4.78 is 28.0. The van der Waals surface area contributed by atoms with Crippen LogP contribution in [0.5, 0.6) is 0 Å². The van der Waals surface area contributed by atoms with Gasteiger partial charge >= 0.3 is 0 Å². The van der Waals surface area contributed by atoms with E-state index in [4.69, 9.17) is 11.6 Å². The first-order valence-corrected chi connectivity index (χ1v) is 9.20. The van der Waals surface area contributed by atoms with Gasteiger partial charge in [0.25, 0.3) is 10.0 Å². The van der Waals surface area contributed by atoms with E-state index in [9.17, 15) is 18.0 Å². The van der Waals surface area contributed by atoms with Crippen molar-refractivity contribution in [1.29, 1.82) is 0 Å². The largest absolute Gasteiger partial charge is 0.347 e. The maximum Gasteiger partial charge on any atom is 0.265 e. The highest BCUT2D eigenvalue weighted by Crippen LogP contribution is 2.20. The third-order valence-electron chi connectivity index (χ3n) is 3.63. The number of hydrogen-bond donors (Lipinski definition) is 2. The van der Waals surface area contributed by atoms with Crippen LogP contribution in [0.2, 0.25) is 5.02 Å². The number of rotatable bonds is 5. The maximum atomic E-state index is 12.1. The second-order valence-corrected chi connectivity index (χ2v) is 7.50. The van der Waals surface area contributed by atoms with Crippen molar-refractivity contribution in [2.45, 2.75) is 17.9 Å². The second-order valence-electron chi connectivity index (χ2n) is 5.38. The van der Waals surface area contributed by atoms with E-state index in [0.717, 1.165) is 29.2 Å². The van der Waals surface area contributed by atoms with Crippen LogP contribution in [0, 0.1) is 0 Å². The highest BCUT2D eigenvalue weighted by molar-refractivity contribution is 7.90. The van der Waals surface area contributed by atoms with Crippen LogP contribution < -0.4 is 10.3 Å². The first-order valence-electron chi connectivity index (χ1n) is 7.34. The number of carbonyl (C=O) groups is 1. The van der Waals surface area contributed by atoms with Crippen molar-refractivity contribution in [2.75, 3.05) is 0 Å². The highest BCUT2D eigenvalue weighted by atomic mass is 35.5. The summed E-state index contributed by atoms with van der Waals surface area (Å²) in [7, 11) is -4.01. The number of sulfonamides is 1. The summed E-state index contributed by atoms with van der Waals surface area (Å²) in [5.41, 5.74) is 0.477. The number of fused-ring (bicyclic) bond motifs is 1. The Balaban J connectivity index is 1.68. The molecule has 0 bridgehead atoms. The molecule has 0 atom stereocenters. The van der Waals surface area contributed by atoms with E-state index in [1.165, 1.54) is 0 Å². The fourth-order valence-corrected chi connectivity index (χ4v) is 3.57. The van der Waals surface area contributed by atoms with Gasteiger partial charge in [-0.05, 0) is 30.3 Å². The maximum absolute atomic E-state index is 12.1. The number of amides is 1. The van der Waals surface area contributed by atoms with Crippen LogP contribution in [0.1, 0.15) is 6.42 Å². The van der Waals surface area contributed by atoms with Crippen molar-refractivity contribution in [2.24, 2.45) is 0 Å². The molecule has 2 aromatic heterocycles. The number of nitrogens with zero attached hydrogens (tertiary/aromatic N) is 1. The van der Waals surface area contributed by atoms with E-state index in [2.05, 4.69) is 4.98 Å². The number of pyridine rings is 1. The Morgan fingerprint density at radius 2 is 2.00 bits per heavy atom. The minimum atomic E-state index is -4.01. The molecule has 0 fully saturated rings. The van der Waals surface area contributed by atoms with E-state index >= 15 is 0 Å². The van der Waals surface area contributed by atoms with Crippen LogP contribution in [0.4, 0.5) is 0 Å². The summed E-state index contributed by atoms with van der Waals surface area (Å²) in [5.74, 6) is -0.637. The van der Waals surface area contributed by atoms with Gasteiger partial charge in [0.15, 0.2) is 0 Å². The molecule has 25 heavy (non-hydrogen) atoms. The van der Waals surface area contributed by atoms with E-state index in [1.54, 1.807) is 6.07 Å². The van der Waals surface area contributed by atoms with Gasteiger partial charge in [0.2, 0.25) is 11.5 Å². The molecule has 3 aromatic rings. The Kier molecular flexibility index (Phi) is 4.65. The standard InChI is InChI=1S/C16H14ClN3O4S/c17-12-1-3-14-11(9-12)5-7-20(14)8-6-16(22)19-25(23,24)13-2-4-15(21)18-10-13/h1-5,7,9-10H,6,8H2,(H,18,21)(H,19,22). The molecule has 7 nitrogen and oxygen atoms in total. The van der Waals surface area contributed by atoms with Gasteiger partial charge in [0, 0.05) is 47.4 Å². The van der Waals surface area contributed by atoms with Crippen molar-refractivity contribution in [3.63, 3.8) is 0 Å². The second kappa shape index (κ2) is 6.73. The SMILES string of the molecule is O=C(CCn1ccc2cc(Cl)ccc21)NS(=O)(=O)c1ccc(=O)[nH]c1. The number of halogens is 1. The smallest absolute Gasteiger partial charge is 0.265 e. The number of aromatic nitrogens is 2. The fourth-order valence-electron chi connectivity index (χ4n) is 2.41. The Labute approximate surface area is 148 Å². The molecule has 130 valence electrons. The number of nitrogens with one attached hydrogen (secondary N) is 2. The number of aryl methyl sites for hydroxylation is 1. The first-order chi connectivity index (χ1) is 11.8. The number of H-pyrrole nitrogens is 1. The molecular formula is C16H14ClN3O4S. The Morgan fingerprint density at radius 3 is 2.72 bits per heavy atom. The van der Waals surface area contributed by atoms with E-state index in [0.29, 0.717) is 11.6 Å². The number of benzene rings is 1. The van der Waals surface area contributed by atoms with Gasteiger partial charge in [0.1, 0.15) is 4.90 Å². The Morgan fingerprint density at radius 1 is 1.20 bits per heavy atom. The molecule has 0 spiro atoms. The normalized spacial score (nSPS) is 11.6. The summed E-state index contributed by atoms with van der Waals surface area (Å²) in [6.45, 7) is 0.318. The number of hydrogen-bond acceptors (Lipinski definition) is 4. The zero-order valence-electron chi connectivity index (χ0n) is 12.9. The lowest BCUT2D eigenvalue weighted by Gasteiger charge is -2.08. The lowest BCUT2D eigenvalue weighted by Crippen LogP contribution is -2.31. The van der Waals surface area contributed by atoms with E-state index in [-0.39, 0.29) is 11.3 Å². The Hall–Kier alpha value is -2.58. The predicted octanol–water partition coefficient (Wildman–Crippen LogP) is 1.88. The molecule has 0 saturated carbocycles. The van der Waals surface area contributed by atoms with Gasteiger partial charge in [-0.2, -0.15) is 0 Å². The van der Waals surface area contributed by atoms with Crippen molar-refractivity contribution in [3.05, 3.63) is 64.2 Å². The van der Waals surface area contributed by atoms with Crippen LogP contribution in [0.3, 0.4) is 0 Å². The minimum absolute atomic E-state index is 0.0189. The third kappa shape index (κ3) is 3.92. The first kappa shape index (κ1) is 17.2. The molecule has 3 rings (SSSR count).